The lowest BCUT2D eigenvalue weighted by Crippen LogP contribution is -2.41. The van der Waals surface area contributed by atoms with E-state index in [1.54, 1.807) is 19.2 Å². The number of halogens is 1. The Balaban J connectivity index is 0.00000242. The van der Waals surface area contributed by atoms with Crippen LogP contribution in [0.15, 0.2) is 34.2 Å². The summed E-state index contributed by atoms with van der Waals surface area (Å²) < 4.78 is 22.7. The maximum absolute atomic E-state index is 11.3. The van der Waals surface area contributed by atoms with Gasteiger partial charge < -0.3 is 10.6 Å². The number of nitrogens with two attached hydrogens (primary N) is 1. The molecule has 0 spiro atoms. The molecule has 2 rings (SSSR count). The Kier molecular flexibility index (Phi) is 7.57. The molecule has 8 heteroatoms. The second-order valence-electron chi connectivity index (χ2n) is 5.24. The molecule has 0 unspecified atom stereocenters. The van der Waals surface area contributed by atoms with Gasteiger partial charge in [-0.05, 0) is 30.5 Å². The van der Waals surface area contributed by atoms with E-state index in [1.807, 2.05) is 6.07 Å². The Morgan fingerprint density at radius 2 is 2.05 bits per heavy atom. The van der Waals surface area contributed by atoms with Gasteiger partial charge in [-0.1, -0.05) is 25.0 Å². The number of benzene rings is 1. The number of hydrogen-bond acceptors (Lipinski definition) is 3. The van der Waals surface area contributed by atoms with Crippen molar-refractivity contribution in [2.75, 3.05) is 7.05 Å². The third-order valence-corrected chi connectivity index (χ3v) is 4.52. The lowest BCUT2D eigenvalue weighted by atomic mass is 10.2. The Labute approximate surface area is 149 Å². The lowest BCUT2D eigenvalue weighted by molar-refractivity contribution is 0.597. The van der Waals surface area contributed by atoms with Gasteiger partial charge in [0, 0.05) is 19.6 Å². The minimum absolute atomic E-state index is 0. The van der Waals surface area contributed by atoms with Crippen LogP contribution in [0.4, 0.5) is 0 Å². The van der Waals surface area contributed by atoms with Gasteiger partial charge in [0.05, 0.1) is 4.90 Å². The van der Waals surface area contributed by atoms with E-state index in [1.165, 1.54) is 31.7 Å². The normalized spacial score (nSPS) is 16.2. The number of aliphatic imine (C=N–C) groups is 1. The highest BCUT2D eigenvalue weighted by atomic mass is 127. The summed E-state index contributed by atoms with van der Waals surface area (Å²) in [5.41, 5.74) is 0.843. The molecule has 0 atom stereocenters. The first kappa shape index (κ1) is 19.2. The van der Waals surface area contributed by atoms with Crippen molar-refractivity contribution in [2.24, 2.45) is 10.1 Å². The first-order chi connectivity index (χ1) is 9.99. The number of hydrogen-bond donors (Lipinski definition) is 3. The van der Waals surface area contributed by atoms with Gasteiger partial charge in [0.15, 0.2) is 5.96 Å². The molecule has 0 bridgehead atoms. The number of sulfonamides is 1. The monoisotopic (exact) mass is 438 g/mol. The molecule has 1 aliphatic carbocycles. The molecule has 124 valence electrons. The molecule has 1 saturated carbocycles. The quantitative estimate of drug-likeness (QED) is 0.378. The van der Waals surface area contributed by atoms with E-state index < -0.39 is 10.0 Å². The summed E-state index contributed by atoms with van der Waals surface area (Å²) in [6, 6.07) is 7.08. The maximum Gasteiger partial charge on any atom is 0.238 e. The van der Waals surface area contributed by atoms with Gasteiger partial charge in [-0.25, -0.2) is 13.6 Å². The average Bonchev–Trinajstić information content (AvgIpc) is 2.95. The number of primary sulfonamides is 1. The summed E-state index contributed by atoms with van der Waals surface area (Å²) in [6.07, 6.45) is 4.85. The van der Waals surface area contributed by atoms with Crippen LogP contribution < -0.4 is 15.8 Å². The highest BCUT2D eigenvalue weighted by Gasteiger charge is 2.15. The number of guanidine groups is 1. The molecule has 0 amide bonds. The second-order valence-corrected chi connectivity index (χ2v) is 6.81. The molecule has 1 aliphatic rings. The SMILES string of the molecule is CN=C(NCc1cccc(S(N)(=O)=O)c1)NC1CCCC1.I. The third kappa shape index (κ3) is 5.73. The van der Waals surface area contributed by atoms with Crippen molar-refractivity contribution in [1.82, 2.24) is 10.6 Å². The Morgan fingerprint density at radius 1 is 1.36 bits per heavy atom. The third-order valence-electron chi connectivity index (χ3n) is 3.61. The van der Waals surface area contributed by atoms with Crippen LogP contribution in [0.2, 0.25) is 0 Å². The summed E-state index contributed by atoms with van der Waals surface area (Å²) in [6.45, 7) is 0.496. The van der Waals surface area contributed by atoms with Crippen LogP contribution in [0.1, 0.15) is 31.2 Å². The van der Waals surface area contributed by atoms with Crippen LogP contribution in [-0.4, -0.2) is 27.5 Å². The predicted molar refractivity (Wildman–Crippen MR) is 98.8 cm³/mol. The first-order valence-electron chi connectivity index (χ1n) is 7.08. The molecule has 1 fully saturated rings. The predicted octanol–water partition coefficient (Wildman–Crippen LogP) is 1.56. The highest BCUT2D eigenvalue weighted by molar-refractivity contribution is 14.0. The Bertz CT molecular complexity index is 613. The van der Waals surface area contributed by atoms with E-state index in [2.05, 4.69) is 15.6 Å². The molecule has 0 radical (unpaired) electrons. The molecule has 6 nitrogen and oxygen atoms in total. The fraction of sp³-hybridized carbons (Fsp3) is 0.500. The number of nitrogens with zero attached hydrogens (tertiary/aromatic N) is 1. The molecule has 22 heavy (non-hydrogen) atoms. The maximum atomic E-state index is 11.3. The Morgan fingerprint density at radius 3 is 2.64 bits per heavy atom. The van der Waals surface area contributed by atoms with Crippen molar-refractivity contribution in [3.8, 4) is 0 Å². The van der Waals surface area contributed by atoms with Gasteiger partial charge in [0.2, 0.25) is 10.0 Å². The minimum atomic E-state index is -3.66. The minimum Gasteiger partial charge on any atom is -0.354 e. The van der Waals surface area contributed by atoms with E-state index in [0.29, 0.717) is 12.6 Å². The molecule has 0 heterocycles. The molecule has 1 aromatic rings. The van der Waals surface area contributed by atoms with Crippen molar-refractivity contribution in [3.05, 3.63) is 29.8 Å². The zero-order chi connectivity index (χ0) is 15.3. The van der Waals surface area contributed by atoms with Crippen molar-refractivity contribution in [3.63, 3.8) is 0 Å². The van der Waals surface area contributed by atoms with E-state index in [9.17, 15) is 8.42 Å². The zero-order valence-corrected chi connectivity index (χ0v) is 15.7. The summed E-state index contributed by atoms with van der Waals surface area (Å²) in [7, 11) is -1.93. The van der Waals surface area contributed by atoms with Crippen molar-refractivity contribution in [1.29, 1.82) is 0 Å². The van der Waals surface area contributed by atoms with Crippen LogP contribution in [0.25, 0.3) is 0 Å². The van der Waals surface area contributed by atoms with Crippen LogP contribution >= 0.6 is 24.0 Å². The number of rotatable bonds is 4. The average molecular weight is 438 g/mol. The van der Waals surface area contributed by atoms with Crippen LogP contribution in [-0.2, 0) is 16.6 Å². The van der Waals surface area contributed by atoms with Gasteiger partial charge >= 0.3 is 0 Å². The molecular formula is C14H23IN4O2S. The summed E-state index contributed by atoms with van der Waals surface area (Å²) in [4.78, 5) is 4.31. The summed E-state index contributed by atoms with van der Waals surface area (Å²) in [5.74, 6) is 0.739. The van der Waals surface area contributed by atoms with E-state index in [-0.39, 0.29) is 28.9 Å². The van der Waals surface area contributed by atoms with Crippen molar-refractivity contribution in [2.45, 2.75) is 43.2 Å². The van der Waals surface area contributed by atoms with Crippen LogP contribution in [0.3, 0.4) is 0 Å². The van der Waals surface area contributed by atoms with Gasteiger partial charge in [-0.2, -0.15) is 0 Å². The van der Waals surface area contributed by atoms with E-state index in [0.717, 1.165) is 11.5 Å². The van der Waals surface area contributed by atoms with Crippen molar-refractivity contribution < 1.29 is 8.42 Å². The lowest BCUT2D eigenvalue weighted by Gasteiger charge is -2.17. The van der Waals surface area contributed by atoms with E-state index in [4.69, 9.17) is 5.14 Å². The topological polar surface area (TPSA) is 96.6 Å². The molecule has 1 aromatic carbocycles. The van der Waals surface area contributed by atoms with Crippen LogP contribution in [0.5, 0.6) is 0 Å². The molecular weight excluding hydrogens is 415 g/mol. The van der Waals surface area contributed by atoms with Crippen molar-refractivity contribution >= 4 is 40.0 Å². The largest absolute Gasteiger partial charge is 0.354 e. The fourth-order valence-corrected chi connectivity index (χ4v) is 3.06. The number of nitrogens with one attached hydrogen (secondary N) is 2. The Hall–Kier alpha value is -0.870. The summed E-state index contributed by atoms with van der Waals surface area (Å²) in [5, 5.41) is 11.7. The molecule has 0 aromatic heterocycles. The van der Waals surface area contributed by atoms with E-state index >= 15 is 0 Å². The standard InChI is InChI=1S/C14H22N4O2S.HI/c1-16-14(18-12-6-2-3-7-12)17-10-11-5-4-8-13(9-11)21(15,19)20;/h4-5,8-9,12H,2-3,6-7,10H2,1H3,(H2,15,19,20)(H2,16,17,18);1H. The summed E-state index contributed by atoms with van der Waals surface area (Å²) >= 11 is 0. The molecule has 0 saturated heterocycles. The van der Waals surface area contributed by atoms with Gasteiger partial charge in [-0.3, -0.25) is 4.99 Å². The fourth-order valence-electron chi connectivity index (χ4n) is 2.48. The van der Waals surface area contributed by atoms with Gasteiger partial charge in [0.25, 0.3) is 0 Å². The molecule has 0 aliphatic heterocycles. The first-order valence-corrected chi connectivity index (χ1v) is 8.62. The van der Waals surface area contributed by atoms with Gasteiger partial charge in [0.1, 0.15) is 0 Å². The van der Waals surface area contributed by atoms with Gasteiger partial charge in [-0.15, -0.1) is 24.0 Å². The molecule has 4 N–H and O–H groups in total. The smallest absolute Gasteiger partial charge is 0.238 e. The van der Waals surface area contributed by atoms with Crippen LogP contribution in [0, 0.1) is 0 Å². The highest BCUT2D eigenvalue weighted by Crippen LogP contribution is 2.17. The second kappa shape index (κ2) is 8.68. The zero-order valence-electron chi connectivity index (χ0n) is 12.6.